The highest BCUT2D eigenvalue weighted by Gasteiger charge is 2.17. The van der Waals surface area contributed by atoms with Gasteiger partial charge in [0.1, 0.15) is 16.8 Å². The summed E-state index contributed by atoms with van der Waals surface area (Å²) in [5, 5.41) is 12.1. The molecule has 4 aromatic rings. The van der Waals surface area contributed by atoms with Gasteiger partial charge in [-0.05, 0) is 36.6 Å². The first-order valence-corrected chi connectivity index (χ1v) is 11.5. The number of aryl methyl sites for hydroxylation is 2. The maximum absolute atomic E-state index is 13.2. The third kappa shape index (κ3) is 4.87. The van der Waals surface area contributed by atoms with Crippen LogP contribution in [0.5, 0.6) is 0 Å². The molecule has 1 amide bonds. The van der Waals surface area contributed by atoms with Gasteiger partial charge < -0.3 is 9.88 Å². The van der Waals surface area contributed by atoms with E-state index in [0.717, 1.165) is 31.2 Å². The Labute approximate surface area is 192 Å². The van der Waals surface area contributed by atoms with E-state index in [4.69, 9.17) is 5.41 Å². The summed E-state index contributed by atoms with van der Waals surface area (Å²) in [6, 6.07) is 16.8. The number of pyridine rings is 2. The molecule has 0 unspecified atom stereocenters. The molecule has 2 N–H and O–H groups in total. The fraction of sp³-hybridized carbons (Fsp3) is 0.308. The quantitative estimate of drug-likeness (QED) is 0.305. The summed E-state index contributed by atoms with van der Waals surface area (Å²) < 4.78 is 3.16. The Morgan fingerprint density at radius 1 is 1.06 bits per heavy atom. The van der Waals surface area contributed by atoms with Crippen LogP contribution < -0.4 is 16.4 Å². The normalized spacial score (nSPS) is 11.2. The molecule has 1 aromatic carbocycles. The van der Waals surface area contributed by atoms with Crippen LogP contribution in [0, 0.1) is 5.41 Å². The van der Waals surface area contributed by atoms with Crippen molar-refractivity contribution in [3.63, 3.8) is 0 Å². The lowest BCUT2D eigenvalue weighted by atomic mass is 10.1. The van der Waals surface area contributed by atoms with E-state index in [-0.39, 0.29) is 22.5 Å². The number of amides is 1. The Hall–Kier alpha value is -3.74. The van der Waals surface area contributed by atoms with E-state index < -0.39 is 0 Å². The molecular weight excluding hydrogens is 414 g/mol. The highest BCUT2D eigenvalue weighted by atomic mass is 16.1. The van der Waals surface area contributed by atoms with Gasteiger partial charge in [0.15, 0.2) is 0 Å². The van der Waals surface area contributed by atoms with E-state index in [1.807, 2.05) is 36.4 Å². The van der Waals surface area contributed by atoms with Crippen molar-refractivity contribution in [2.24, 2.45) is 0 Å². The van der Waals surface area contributed by atoms with Crippen molar-refractivity contribution in [3.05, 3.63) is 87.8 Å². The fourth-order valence-corrected chi connectivity index (χ4v) is 4.01. The van der Waals surface area contributed by atoms with Crippen LogP contribution in [-0.2, 0) is 13.0 Å². The lowest BCUT2D eigenvalue weighted by Crippen LogP contribution is -2.35. The number of aromatic nitrogens is 3. The maximum atomic E-state index is 13.2. The predicted octanol–water partition coefficient (Wildman–Crippen LogP) is 3.68. The molecule has 0 fully saturated rings. The average molecular weight is 444 g/mol. The largest absolute Gasteiger partial charge is 0.352 e. The SMILES string of the molecule is CCCCCCNC(=O)c1cc2c(=O)n3ccccc3nc2n(CCc2ccccc2)c1=N. The van der Waals surface area contributed by atoms with E-state index >= 15 is 0 Å². The summed E-state index contributed by atoms with van der Waals surface area (Å²) in [5.74, 6) is -0.329. The monoisotopic (exact) mass is 443 g/mol. The van der Waals surface area contributed by atoms with Crippen molar-refractivity contribution >= 4 is 22.6 Å². The molecule has 0 aliphatic rings. The first kappa shape index (κ1) is 22.5. The third-order valence-electron chi connectivity index (χ3n) is 5.85. The van der Waals surface area contributed by atoms with Gasteiger partial charge in [-0.3, -0.25) is 19.4 Å². The van der Waals surface area contributed by atoms with Gasteiger partial charge in [0.05, 0.1) is 10.9 Å². The zero-order valence-electron chi connectivity index (χ0n) is 18.9. The summed E-state index contributed by atoms with van der Waals surface area (Å²) in [4.78, 5) is 30.9. The van der Waals surface area contributed by atoms with Gasteiger partial charge in [-0.2, -0.15) is 0 Å². The Kier molecular flexibility index (Phi) is 6.98. The number of fused-ring (bicyclic) bond motifs is 2. The van der Waals surface area contributed by atoms with Crippen molar-refractivity contribution in [3.8, 4) is 0 Å². The van der Waals surface area contributed by atoms with Crippen LogP contribution in [0.1, 0.15) is 48.5 Å². The van der Waals surface area contributed by atoms with Crippen LogP contribution in [-0.4, -0.2) is 26.4 Å². The summed E-state index contributed by atoms with van der Waals surface area (Å²) in [6.45, 7) is 3.13. The van der Waals surface area contributed by atoms with Crippen molar-refractivity contribution < 1.29 is 4.79 Å². The highest BCUT2D eigenvalue weighted by molar-refractivity contribution is 5.96. The fourth-order valence-electron chi connectivity index (χ4n) is 4.01. The van der Waals surface area contributed by atoms with Gasteiger partial charge in [0.2, 0.25) is 0 Å². The van der Waals surface area contributed by atoms with E-state index in [0.29, 0.717) is 36.2 Å². The molecular formula is C26H29N5O2. The number of nitrogens with one attached hydrogen (secondary N) is 2. The first-order chi connectivity index (χ1) is 16.1. The molecule has 4 rings (SSSR count). The van der Waals surface area contributed by atoms with Crippen LogP contribution in [0.3, 0.4) is 0 Å². The predicted molar refractivity (Wildman–Crippen MR) is 129 cm³/mol. The second-order valence-electron chi connectivity index (χ2n) is 8.19. The maximum Gasteiger partial charge on any atom is 0.267 e. The van der Waals surface area contributed by atoms with Crippen LogP contribution in [0.4, 0.5) is 0 Å². The number of benzene rings is 1. The lowest BCUT2D eigenvalue weighted by Gasteiger charge is -2.15. The number of rotatable bonds is 9. The minimum Gasteiger partial charge on any atom is -0.352 e. The molecule has 0 saturated heterocycles. The second-order valence-corrected chi connectivity index (χ2v) is 8.19. The van der Waals surface area contributed by atoms with Gasteiger partial charge in [0, 0.05) is 19.3 Å². The van der Waals surface area contributed by atoms with Gasteiger partial charge in [0.25, 0.3) is 11.5 Å². The Morgan fingerprint density at radius 3 is 2.64 bits per heavy atom. The Balaban J connectivity index is 1.78. The molecule has 33 heavy (non-hydrogen) atoms. The van der Waals surface area contributed by atoms with Gasteiger partial charge in [-0.15, -0.1) is 0 Å². The van der Waals surface area contributed by atoms with Gasteiger partial charge in [-0.25, -0.2) is 4.98 Å². The van der Waals surface area contributed by atoms with Gasteiger partial charge in [-0.1, -0.05) is 62.6 Å². The van der Waals surface area contributed by atoms with E-state index in [9.17, 15) is 9.59 Å². The van der Waals surface area contributed by atoms with E-state index in [1.165, 1.54) is 10.5 Å². The molecule has 0 saturated carbocycles. The third-order valence-corrected chi connectivity index (χ3v) is 5.85. The summed E-state index contributed by atoms with van der Waals surface area (Å²) in [5.41, 5.74) is 2.06. The number of carbonyl (C=O) groups excluding carboxylic acids is 1. The van der Waals surface area contributed by atoms with Crippen molar-refractivity contribution in [1.82, 2.24) is 19.3 Å². The van der Waals surface area contributed by atoms with Crippen molar-refractivity contribution in [2.45, 2.75) is 45.6 Å². The van der Waals surface area contributed by atoms with Crippen molar-refractivity contribution in [2.75, 3.05) is 6.54 Å². The summed E-state index contributed by atoms with van der Waals surface area (Å²) in [7, 11) is 0. The number of nitrogens with zero attached hydrogens (tertiary/aromatic N) is 3. The Morgan fingerprint density at radius 2 is 1.85 bits per heavy atom. The standard InChI is InChI=1S/C26H29N5O2/c1-2-3-4-9-15-28-25(32)20-18-21-24(29-22-13-8-10-16-30(22)26(21)33)31(23(20)27)17-14-19-11-6-5-7-12-19/h5-8,10-13,16,18,27H,2-4,9,14-15,17H2,1H3,(H,28,32). The molecule has 0 spiro atoms. The minimum atomic E-state index is -0.329. The molecule has 3 aromatic heterocycles. The van der Waals surface area contributed by atoms with E-state index in [1.54, 1.807) is 22.9 Å². The van der Waals surface area contributed by atoms with E-state index in [2.05, 4.69) is 17.2 Å². The highest BCUT2D eigenvalue weighted by Crippen LogP contribution is 2.12. The number of unbranched alkanes of at least 4 members (excludes halogenated alkanes) is 3. The summed E-state index contributed by atoms with van der Waals surface area (Å²) in [6.07, 6.45) is 6.52. The minimum absolute atomic E-state index is 0.0664. The molecule has 7 heteroatoms. The zero-order valence-corrected chi connectivity index (χ0v) is 18.9. The van der Waals surface area contributed by atoms with Crippen LogP contribution in [0.2, 0.25) is 0 Å². The van der Waals surface area contributed by atoms with Crippen LogP contribution in [0.25, 0.3) is 16.7 Å². The molecule has 3 heterocycles. The first-order valence-electron chi connectivity index (χ1n) is 11.5. The molecule has 0 radical (unpaired) electrons. The summed E-state index contributed by atoms with van der Waals surface area (Å²) >= 11 is 0. The molecule has 7 nitrogen and oxygen atoms in total. The number of carbonyl (C=O) groups is 1. The van der Waals surface area contributed by atoms with Crippen LogP contribution >= 0.6 is 0 Å². The van der Waals surface area contributed by atoms with Crippen molar-refractivity contribution in [1.29, 1.82) is 5.41 Å². The number of hydrogen-bond acceptors (Lipinski definition) is 4. The molecule has 170 valence electrons. The smallest absolute Gasteiger partial charge is 0.267 e. The topological polar surface area (TPSA) is 92.2 Å². The Bertz CT molecular complexity index is 1390. The molecule has 0 aliphatic heterocycles. The van der Waals surface area contributed by atoms with Gasteiger partial charge >= 0.3 is 0 Å². The van der Waals surface area contributed by atoms with Crippen LogP contribution in [0.15, 0.2) is 65.6 Å². The number of hydrogen-bond donors (Lipinski definition) is 2. The molecule has 0 atom stereocenters. The molecule has 0 aliphatic carbocycles. The molecule has 0 bridgehead atoms. The second kappa shape index (κ2) is 10.3. The average Bonchev–Trinajstić information content (AvgIpc) is 2.84. The lowest BCUT2D eigenvalue weighted by molar-refractivity contribution is 0.0950. The zero-order chi connectivity index (χ0) is 23.2.